The highest BCUT2D eigenvalue weighted by molar-refractivity contribution is 5.83. The first-order chi connectivity index (χ1) is 8.24. The van der Waals surface area contributed by atoms with Gasteiger partial charge >= 0.3 is 0 Å². The van der Waals surface area contributed by atoms with Gasteiger partial charge in [0.25, 0.3) is 0 Å². The molecule has 4 nitrogen and oxygen atoms in total. The molecule has 0 spiro atoms. The Labute approximate surface area is 102 Å². The molecule has 0 aromatic heterocycles. The molecule has 1 aromatic carbocycles. The van der Waals surface area contributed by atoms with E-state index < -0.39 is 0 Å². The number of carbonyl (C=O) groups excluding carboxylic acids is 1. The van der Waals surface area contributed by atoms with Crippen LogP contribution in [-0.2, 0) is 11.2 Å². The number of anilines is 1. The van der Waals surface area contributed by atoms with E-state index in [1.807, 2.05) is 12.1 Å². The summed E-state index contributed by atoms with van der Waals surface area (Å²) in [5, 5.41) is 2.90. The van der Waals surface area contributed by atoms with E-state index in [9.17, 15) is 4.79 Å². The summed E-state index contributed by atoms with van der Waals surface area (Å²) < 4.78 is 0. The molecular weight excluding hydrogens is 214 g/mol. The molecule has 1 saturated heterocycles. The van der Waals surface area contributed by atoms with E-state index in [4.69, 9.17) is 5.73 Å². The van der Waals surface area contributed by atoms with Gasteiger partial charge in [-0.3, -0.25) is 4.79 Å². The number of amides is 1. The van der Waals surface area contributed by atoms with Crippen LogP contribution >= 0.6 is 0 Å². The molecule has 0 radical (unpaired) electrons. The van der Waals surface area contributed by atoms with Gasteiger partial charge in [-0.05, 0) is 18.1 Å². The van der Waals surface area contributed by atoms with Crippen LogP contribution in [0.15, 0.2) is 24.3 Å². The van der Waals surface area contributed by atoms with E-state index >= 15 is 0 Å². The summed E-state index contributed by atoms with van der Waals surface area (Å²) in [4.78, 5) is 13.7. The number of nitrogens with zero attached hydrogens (tertiary/aromatic N) is 1. The van der Waals surface area contributed by atoms with Crippen molar-refractivity contribution in [2.24, 2.45) is 5.73 Å². The first-order valence-electron chi connectivity index (χ1n) is 6.07. The predicted octanol–water partition coefficient (Wildman–Crippen LogP) is 0.512. The quantitative estimate of drug-likeness (QED) is 0.800. The highest BCUT2D eigenvalue weighted by Gasteiger charge is 2.24. The van der Waals surface area contributed by atoms with Gasteiger partial charge in [-0.15, -0.1) is 0 Å². The van der Waals surface area contributed by atoms with Crippen LogP contribution in [0.5, 0.6) is 0 Å². The fourth-order valence-corrected chi connectivity index (χ4v) is 2.26. The third-order valence-electron chi connectivity index (χ3n) is 3.14. The number of hydrogen-bond acceptors (Lipinski definition) is 3. The van der Waals surface area contributed by atoms with Gasteiger partial charge in [-0.2, -0.15) is 0 Å². The van der Waals surface area contributed by atoms with Gasteiger partial charge in [0.1, 0.15) is 0 Å². The lowest BCUT2D eigenvalue weighted by molar-refractivity contribution is -0.121. The van der Waals surface area contributed by atoms with Crippen LogP contribution in [0.25, 0.3) is 0 Å². The first kappa shape index (κ1) is 11.9. The number of hydrogen-bond donors (Lipinski definition) is 2. The summed E-state index contributed by atoms with van der Waals surface area (Å²) in [7, 11) is 0. The monoisotopic (exact) mass is 233 g/mol. The lowest BCUT2D eigenvalue weighted by atomic mass is 10.1. The number of aryl methyl sites for hydroxylation is 1. The Balaban J connectivity index is 2.23. The highest BCUT2D eigenvalue weighted by Crippen LogP contribution is 2.22. The topological polar surface area (TPSA) is 58.4 Å². The molecule has 1 amide bonds. The largest absolute Gasteiger partial charge is 0.360 e. The smallest absolute Gasteiger partial charge is 0.239 e. The predicted molar refractivity (Wildman–Crippen MR) is 69.0 cm³/mol. The number of para-hydroxylation sites is 1. The summed E-state index contributed by atoms with van der Waals surface area (Å²) in [6, 6.07) is 8.29. The number of rotatable bonds is 3. The molecule has 1 heterocycles. The van der Waals surface area contributed by atoms with E-state index in [1.165, 1.54) is 5.56 Å². The van der Waals surface area contributed by atoms with E-state index in [0.717, 1.165) is 18.7 Å². The van der Waals surface area contributed by atoms with Gasteiger partial charge in [-0.1, -0.05) is 25.1 Å². The van der Waals surface area contributed by atoms with Crippen LogP contribution in [-0.4, -0.2) is 31.6 Å². The molecule has 1 atom stereocenters. The Morgan fingerprint density at radius 1 is 1.47 bits per heavy atom. The van der Waals surface area contributed by atoms with Crippen LogP contribution in [0.4, 0.5) is 5.69 Å². The average Bonchev–Trinajstić information content (AvgIpc) is 2.37. The number of nitrogens with one attached hydrogen (secondary N) is 1. The Morgan fingerprint density at radius 3 is 2.94 bits per heavy atom. The van der Waals surface area contributed by atoms with E-state index in [2.05, 4.69) is 29.3 Å². The van der Waals surface area contributed by atoms with Crippen LogP contribution in [0, 0.1) is 0 Å². The SMILES string of the molecule is CCc1ccccc1N1CC(=O)NC(CN)C1. The van der Waals surface area contributed by atoms with Crippen molar-refractivity contribution in [3.8, 4) is 0 Å². The molecule has 0 bridgehead atoms. The number of piperazine rings is 1. The summed E-state index contributed by atoms with van der Waals surface area (Å²) in [5.41, 5.74) is 8.07. The minimum absolute atomic E-state index is 0.0533. The molecule has 1 unspecified atom stereocenters. The molecule has 92 valence electrons. The van der Waals surface area contributed by atoms with Crippen molar-refractivity contribution in [3.05, 3.63) is 29.8 Å². The Bertz CT molecular complexity index is 405. The van der Waals surface area contributed by atoms with Crippen LogP contribution < -0.4 is 16.0 Å². The second-order valence-electron chi connectivity index (χ2n) is 4.36. The Kier molecular flexibility index (Phi) is 3.64. The van der Waals surface area contributed by atoms with Crippen LogP contribution in [0.1, 0.15) is 12.5 Å². The number of benzene rings is 1. The minimum atomic E-state index is 0.0533. The molecule has 1 aromatic rings. The molecule has 3 N–H and O–H groups in total. The summed E-state index contributed by atoms with van der Waals surface area (Å²) in [6.07, 6.45) is 0.974. The van der Waals surface area contributed by atoms with Crippen molar-refractivity contribution >= 4 is 11.6 Å². The fourth-order valence-electron chi connectivity index (χ4n) is 2.26. The van der Waals surface area contributed by atoms with E-state index in [-0.39, 0.29) is 11.9 Å². The molecule has 1 aliphatic heterocycles. The summed E-state index contributed by atoms with van der Waals surface area (Å²) in [6.45, 7) is 3.83. The van der Waals surface area contributed by atoms with Crippen molar-refractivity contribution < 1.29 is 4.79 Å². The van der Waals surface area contributed by atoms with Crippen molar-refractivity contribution in [1.82, 2.24) is 5.32 Å². The van der Waals surface area contributed by atoms with Crippen LogP contribution in [0.3, 0.4) is 0 Å². The van der Waals surface area contributed by atoms with E-state index in [1.54, 1.807) is 0 Å². The summed E-state index contributed by atoms with van der Waals surface area (Å²) >= 11 is 0. The van der Waals surface area contributed by atoms with Crippen molar-refractivity contribution in [1.29, 1.82) is 0 Å². The minimum Gasteiger partial charge on any atom is -0.360 e. The molecule has 4 heteroatoms. The maximum atomic E-state index is 11.6. The van der Waals surface area contributed by atoms with Gasteiger partial charge in [0.2, 0.25) is 5.91 Å². The molecule has 0 aliphatic carbocycles. The van der Waals surface area contributed by atoms with Gasteiger partial charge in [-0.25, -0.2) is 0 Å². The first-order valence-corrected chi connectivity index (χ1v) is 6.07. The highest BCUT2D eigenvalue weighted by atomic mass is 16.2. The van der Waals surface area contributed by atoms with Gasteiger partial charge in [0.05, 0.1) is 12.6 Å². The zero-order valence-electron chi connectivity index (χ0n) is 10.1. The van der Waals surface area contributed by atoms with Gasteiger partial charge < -0.3 is 16.0 Å². The summed E-state index contributed by atoms with van der Waals surface area (Å²) in [5.74, 6) is 0.0533. The third kappa shape index (κ3) is 2.58. The number of nitrogens with two attached hydrogens (primary N) is 1. The van der Waals surface area contributed by atoms with Crippen LogP contribution in [0.2, 0.25) is 0 Å². The molecule has 1 fully saturated rings. The van der Waals surface area contributed by atoms with E-state index in [0.29, 0.717) is 13.1 Å². The van der Waals surface area contributed by atoms with Crippen molar-refractivity contribution in [2.45, 2.75) is 19.4 Å². The van der Waals surface area contributed by atoms with Gasteiger partial charge in [0, 0.05) is 18.8 Å². The average molecular weight is 233 g/mol. The third-order valence-corrected chi connectivity index (χ3v) is 3.14. The fraction of sp³-hybridized carbons (Fsp3) is 0.462. The molecule has 17 heavy (non-hydrogen) atoms. The lowest BCUT2D eigenvalue weighted by Gasteiger charge is -2.35. The standard InChI is InChI=1S/C13H19N3O/c1-2-10-5-3-4-6-12(10)16-8-11(7-14)15-13(17)9-16/h3-6,11H,2,7-9,14H2,1H3,(H,15,17). The lowest BCUT2D eigenvalue weighted by Crippen LogP contribution is -2.57. The zero-order valence-corrected chi connectivity index (χ0v) is 10.1. The maximum Gasteiger partial charge on any atom is 0.239 e. The molecule has 2 rings (SSSR count). The Hall–Kier alpha value is -1.55. The second-order valence-corrected chi connectivity index (χ2v) is 4.36. The number of carbonyl (C=O) groups is 1. The normalized spacial score (nSPS) is 20.2. The molecule has 1 aliphatic rings. The molecular formula is C13H19N3O. The van der Waals surface area contributed by atoms with Crippen molar-refractivity contribution in [3.63, 3.8) is 0 Å². The van der Waals surface area contributed by atoms with Gasteiger partial charge in [0.15, 0.2) is 0 Å². The Morgan fingerprint density at radius 2 is 2.24 bits per heavy atom. The van der Waals surface area contributed by atoms with Crippen molar-refractivity contribution in [2.75, 3.05) is 24.5 Å². The second kappa shape index (κ2) is 5.19. The molecule has 0 saturated carbocycles. The maximum absolute atomic E-state index is 11.6. The zero-order chi connectivity index (χ0) is 12.3.